The number of aromatic nitrogens is 1. The molecule has 0 aliphatic carbocycles. The van der Waals surface area contributed by atoms with Gasteiger partial charge in [0, 0.05) is 52.3 Å². The predicted octanol–water partition coefficient (Wildman–Crippen LogP) is 5.40. The lowest BCUT2D eigenvalue weighted by Gasteiger charge is -2.34. The van der Waals surface area contributed by atoms with Crippen molar-refractivity contribution in [2.75, 3.05) is 19.0 Å². The van der Waals surface area contributed by atoms with E-state index in [2.05, 4.69) is 61.8 Å². The van der Waals surface area contributed by atoms with E-state index in [1.54, 1.807) is 7.11 Å². The number of terminal acetylenes is 1. The van der Waals surface area contributed by atoms with Crippen molar-refractivity contribution in [3.05, 3.63) is 76.0 Å². The van der Waals surface area contributed by atoms with Crippen molar-refractivity contribution in [1.82, 2.24) is 4.98 Å². The van der Waals surface area contributed by atoms with Gasteiger partial charge in [-0.2, -0.15) is 0 Å². The number of aryl methyl sites for hydroxylation is 3. The first-order valence-electron chi connectivity index (χ1n) is 9.73. The maximum Gasteiger partial charge on any atom is 0.123 e. The quantitative estimate of drug-likeness (QED) is 0.409. The Bertz CT molecular complexity index is 1030. The highest BCUT2D eigenvalue weighted by Crippen LogP contribution is 2.48. The van der Waals surface area contributed by atoms with E-state index in [0.717, 1.165) is 50.7 Å². The lowest BCUT2D eigenvalue weighted by atomic mass is 9.78. The molecule has 4 nitrogen and oxygen atoms in total. The largest absolute Gasteiger partial charge is 0.496 e. The van der Waals surface area contributed by atoms with Crippen molar-refractivity contribution in [1.29, 1.82) is 0 Å². The van der Waals surface area contributed by atoms with E-state index in [0.29, 0.717) is 18.8 Å². The second-order valence-electron chi connectivity index (χ2n) is 7.38. The number of ether oxygens (including phenoxy) is 2. The van der Waals surface area contributed by atoms with Gasteiger partial charge < -0.3 is 14.8 Å². The number of nitrogens with zero attached hydrogens (tertiary/aromatic N) is 1. The Balaban J connectivity index is 2.23. The zero-order valence-corrected chi connectivity index (χ0v) is 17.8. The fraction of sp³-hybridized carbons (Fsp3) is 0.320. The van der Waals surface area contributed by atoms with Gasteiger partial charge in [-0.25, -0.2) is 0 Å². The highest BCUT2D eigenvalue weighted by atomic mass is 16.5. The van der Waals surface area contributed by atoms with Gasteiger partial charge >= 0.3 is 0 Å². The number of rotatable bonds is 6. The maximum atomic E-state index is 5.93. The summed E-state index contributed by atoms with van der Waals surface area (Å²) in [5.74, 6) is 3.96. The van der Waals surface area contributed by atoms with Crippen LogP contribution >= 0.6 is 0 Å². The Kier molecular flexibility index (Phi) is 5.98. The van der Waals surface area contributed by atoms with E-state index in [4.69, 9.17) is 15.9 Å². The molecule has 2 aromatic rings. The number of benzene rings is 1. The molecule has 0 spiro atoms. The molecule has 1 atom stereocenters. The first kappa shape index (κ1) is 20.5. The molecule has 0 saturated carbocycles. The summed E-state index contributed by atoms with van der Waals surface area (Å²) in [6, 6.07) is 6.29. The number of pyridine rings is 1. The van der Waals surface area contributed by atoms with Crippen LogP contribution < -0.4 is 10.1 Å². The fourth-order valence-corrected chi connectivity index (χ4v) is 3.90. The molecule has 1 N–H and O–H groups in total. The van der Waals surface area contributed by atoms with Crippen molar-refractivity contribution in [2.24, 2.45) is 0 Å². The number of methoxy groups -OCH3 is 1. The van der Waals surface area contributed by atoms with E-state index in [-0.39, 0.29) is 5.92 Å². The van der Waals surface area contributed by atoms with Crippen LogP contribution in [0.5, 0.6) is 5.75 Å². The van der Waals surface area contributed by atoms with Gasteiger partial charge in [0.2, 0.25) is 0 Å². The highest BCUT2D eigenvalue weighted by molar-refractivity contribution is 5.72. The number of hydrogen-bond donors (Lipinski definition) is 1. The summed E-state index contributed by atoms with van der Waals surface area (Å²) in [5.41, 5.74) is 8.47. The van der Waals surface area contributed by atoms with E-state index >= 15 is 0 Å². The second-order valence-corrected chi connectivity index (χ2v) is 7.38. The van der Waals surface area contributed by atoms with Crippen LogP contribution in [0.1, 0.15) is 47.2 Å². The smallest absolute Gasteiger partial charge is 0.123 e. The monoisotopic (exact) mass is 388 g/mol. The molecule has 1 aromatic heterocycles. The highest BCUT2D eigenvalue weighted by Gasteiger charge is 2.34. The summed E-state index contributed by atoms with van der Waals surface area (Å²) >= 11 is 0. The summed E-state index contributed by atoms with van der Waals surface area (Å²) in [5, 5.41) is 3.56. The van der Waals surface area contributed by atoms with E-state index in [1.165, 1.54) is 0 Å². The Morgan fingerprint density at radius 3 is 2.72 bits per heavy atom. The molecule has 29 heavy (non-hydrogen) atoms. The number of hydrogen-bond acceptors (Lipinski definition) is 4. The lowest BCUT2D eigenvalue weighted by Crippen LogP contribution is -2.22. The Morgan fingerprint density at radius 1 is 1.28 bits per heavy atom. The van der Waals surface area contributed by atoms with Gasteiger partial charge in [-0.05, 0) is 44.9 Å². The van der Waals surface area contributed by atoms with Crippen LogP contribution in [0.25, 0.3) is 0 Å². The predicted molar refractivity (Wildman–Crippen MR) is 118 cm³/mol. The van der Waals surface area contributed by atoms with Crippen LogP contribution in [0.3, 0.4) is 0 Å². The molecule has 150 valence electrons. The van der Waals surface area contributed by atoms with Gasteiger partial charge in [0.25, 0.3) is 0 Å². The average molecular weight is 389 g/mol. The van der Waals surface area contributed by atoms with Crippen molar-refractivity contribution in [3.63, 3.8) is 0 Å². The minimum atomic E-state index is -0.104. The van der Waals surface area contributed by atoms with Crippen molar-refractivity contribution in [3.8, 4) is 18.1 Å². The van der Waals surface area contributed by atoms with Crippen LogP contribution in [-0.4, -0.2) is 18.7 Å². The summed E-state index contributed by atoms with van der Waals surface area (Å²) in [6.07, 6.45) is 7.82. The standard InChI is InChI=1S/C25H28N2O2/c1-8-9-12-29-19(6)22-18(5)27-25-16(3)14-26-17(4)23(25)24(22)20-11-10-15(2)13-21(20)28-7/h1,10-11,13-14,24,27H,6,9,12H2,2-5,7H3. The normalized spacial score (nSPS) is 15.2. The minimum Gasteiger partial charge on any atom is -0.496 e. The number of allylic oxidation sites excluding steroid dienone is 2. The van der Waals surface area contributed by atoms with Gasteiger partial charge in [-0.1, -0.05) is 18.7 Å². The number of nitrogens with one attached hydrogen (secondary N) is 1. The first-order chi connectivity index (χ1) is 13.9. The fourth-order valence-electron chi connectivity index (χ4n) is 3.90. The zero-order chi connectivity index (χ0) is 21.1. The molecular weight excluding hydrogens is 360 g/mol. The molecule has 1 unspecified atom stereocenters. The molecule has 0 bridgehead atoms. The van der Waals surface area contributed by atoms with E-state index < -0.39 is 0 Å². The molecular formula is C25H28N2O2. The van der Waals surface area contributed by atoms with Crippen LogP contribution in [0.15, 0.2) is 48.0 Å². The van der Waals surface area contributed by atoms with Crippen molar-refractivity contribution in [2.45, 2.75) is 40.0 Å². The SMILES string of the molecule is C#CCCOC(=C)C1=C(C)Nc2c(C)cnc(C)c2C1c1ccc(C)cc1OC. The van der Waals surface area contributed by atoms with Crippen molar-refractivity contribution >= 4 is 5.69 Å². The zero-order valence-electron chi connectivity index (χ0n) is 17.8. The first-order valence-corrected chi connectivity index (χ1v) is 9.73. The molecule has 4 heteroatoms. The molecule has 1 aromatic carbocycles. The van der Waals surface area contributed by atoms with Crippen LogP contribution in [0.4, 0.5) is 5.69 Å². The number of fused-ring (bicyclic) bond motifs is 1. The Morgan fingerprint density at radius 2 is 2.03 bits per heavy atom. The molecule has 3 rings (SSSR count). The van der Waals surface area contributed by atoms with Crippen molar-refractivity contribution < 1.29 is 9.47 Å². The van der Waals surface area contributed by atoms with Gasteiger partial charge in [0.05, 0.1) is 13.7 Å². The van der Waals surface area contributed by atoms with Crippen LogP contribution in [0.2, 0.25) is 0 Å². The minimum absolute atomic E-state index is 0.104. The Labute approximate surface area is 173 Å². The lowest BCUT2D eigenvalue weighted by molar-refractivity contribution is 0.226. The maximum absolute atomic E-state index is 5.93. The van der Waals surface area contributed by atoms with Gasteiger partial charge in [0.15, 0.2) is 0 Å². The van der Waals surface area contributed by atoms with Crippen LogP contribution in [-0.2, 0) is 4.74 Å². The van der Waals surface area contributed by atoms with E-state index in [1.807, 2.05) is 13.1 Å². The molecule has 0 radical (unpaired) electrons. The molecule has 1 aliphatic heterocycles. The third kappa shape index (κ3) is 3.86. The number of anilines is 1. The Hall–Kier alpha value is -3.19. The summed E-state index contributed by atoms with van der Waals surface area (Å²) < 4.78 is 11.7. The topological polar surface area (TPSA) is 43.4 Å². The van der Waals surface area contributed by atoms with Crippen LogP contribution in [0, 0.1) is 33.1 Å². The molecule has 0 fully saturated rings. The van der Waals surface area contributed by atoms with E-state index in [9.17, 15) is 0 Å². The average Bonchev–Trinajstić information content (AvgIpc) is 2.70. The summed E-state index contributed by atoms with van der Waals surface area (Å²) in [6.45, 7) is 12.9. The summed E-state index contributed by atoms with van der Waals surface area (Å²) in [4.78, 5) is 4.63. The molecule has 0 amide bonds. The summed E-state index contributed by atoms with van der Waals surface area (Å²) in [7, 11) is 1.70. The third-order valence-electron chi connectivity index (χ3n) is 5.32. The van der Waals surface area contributed by atoms with Gasteiger partial charge in [-0.15, -0.1) is 12.3 Å². The van der Waals surface area contributed by atoms with Gasteiger partial charge in [-0.3, -0.25) is 4.98 Å². The second kappa shape index (κ2) is 8.45. The third-order valence-corrected chi connectivity index (χ3v) is 5.32. The van der Waals surface area contributed by atoms with Gasteiger partial charge in [0.1, 0.15) is 11.5 Å². The molecule has 2 heterocycles. The molecule has 1 aliphatic rings. The molecule has 0 saturated heterocycles.